The number of H-pyrrole nitrogens is 1. The second-order valence-electron chi connectivity index (χ2n) is 3.98. The minimum Gasteiger partial charge on any atom is -0.466 e. The van der Waals surface area contributed by atoms with E-state index in [2.05, 4.69) is 20.5 Å². The summed E-state index contributed by atoms with van der Waals surface area (Å²) >= 11 is 1.96. The fourth-order valence-electron chi connectivity index (χ4n) is 1.79. The van der Waals surface area contributed by atoms with Crippen LogP contribution >= 0.6 is 11.8 Å². The number of ether oxygens (including phenoxy) is 1. The molecule has 2 rings (SSSR count). The number of rotatable bonds is 4. The molecule has 1 fully saturated rings. The maximum atomic E-state index is 11.7. The lowest BCUT2D eigenvalue weighted by molar-refractivity contribution is -0.117. The number of hydrogen-bond donors (Lipinski definition) is 2. The van der Waals surface area contributed by atoms with E-state index in [9.17, 15) is 4.79 Å². The van der Waals surface area contributed by atoms with Gasteiger partial charge in [-0.1, -0.05) is 0 Å². The van der Waals surface area contributed by atoms with Crippen molar-refractivity contribution >= 4 is 23.6 Å². The van der Waals surface area contributed by atoms with Crippen molar-refractivity contribution in [1.29, 1.82) is 0 Å². The fraction of sp³-hybridized carbons (Fsp3) is 0.700. The molecule has 0 saturated carbocycles. The summed E-state index contributed by atoms with van der Waals surface area (Å²) in [7, 11) is 1.48. The first-order valence-corrected chi connectivity index (χ1v) is 6.77. The third-order valence-electron chi connectivity index (χ3n) is 2.72. The highest BCUT2D eigenvalue weighted by molar-refractivity contribution is 7.99. The van der Waals surface area contributed by atoms with Crippen LogP contribution in [0, 0.1) is 5.92 Å². The Morgan fingerprint density at radius 3 is 3.00 bits per heavy atom. The Kier molecular flexibility index (Phi) is 4.24. The van der Waals surface area contributed by atoms with E-state index in [0.29, 0.717) is 18.3 Å². The number of methoxy groups -OCH3 is 1. The highest BCUT2D eigenvalue weighted by Crippen LogP contribution is 2.25. The highest BCUT2D eigenvalue weighted by Gasteiger charge is 2.18. The van der Waals surface area contributed by atoms with Crippen molar-refractivity contribution < 1.29 is 9.53 Å². The highest BCUT2D eigenvalue weighted by atomic mass is 32.2. The average Bonchev–Trinajstić information content (AvgIpc) is 2.78. The van der Waals surface area contributed by atoms with Gasteiger partial charge in [0.15, 0.2) is 0 Å². The summed E-state index contributed by atoms with van der Waals surface area (Å²) in [5.41, 5.74) is 0. The van der Waals surface area contributed by atoms with Gasteiger partial charge < -0.3 is 4.74 Å². The topological polar surface area (TPSA) is 79.9 Å². The van der Waals surface area contributed by atoms with Gasteiger partial charge in [0.2, 0.25) is 11.9 Å². The number of carbonyl (C=O) groups is 1. The smallest absolute Gasteiger partial charge is 0.336 e. The van der Waals surface area contributed by atoms with E-state index < -0.39 is 0 Å². The first-order valence-electron chi connectivity index (χ1n) is 5.62. The van der Waals surface area contributed by atoms with Crippen molar-refractivity contribution in [3.63, 3.8) is 0 Å². The van der Waals surface area contributed by atoms with E-state index in [1.807, 2.05) is 11.8 Å². The maximum Gasteiger partial charge on any atom is 0.336 e. The van der Waals surface area contributed by atoms with Gasteiger partial charge in [0.1, 0.15) is 0 Å². The lowest BCUT2D eigenvalue weighted by Gasteiger charge is -2.20. The SMILES string of the molecule is COc1n[nH]c(NC(=O)CC2CCSCC2)n1. The van der Waals surface area contributed by atoms with Gasteiger partial charge in [0.25, 0.3) is 0 Å². The molecule has 1 aliphatic rings. The Labute approximate surface area is 104 Å². The molecule has 0 bridgehead atoms. The Morgan fingerprint density at radius 1 is 1.59 bits per heavy atom. The van der Waals surface area contributed by atoms with Gasteiger partial charge in [-0.2, -0.15) is 16.7 Å². The van der Waals surface area contributed by atoms with Gasteiger partial charge in [0, 0.05) is 6.42 Å². The van der Waals surface area contributed by atoms with Crippen LogP contribution < -0.4 is 10.1 Å². The second-order valence-corrected chi connectivity index (χ2v) is 5.20. The van der Waals surface area contributed by atoms with Gasteiger partial charge in [-0.15, -0.1) is 5.10 Å². The zero-order valence-electron chi connectivity index (χ0n) is 9.73. The predicted octanol–water partition coefficient (Wildman–Crippen LogP) is 1.29. The summed E-state index contributed by atoms with van der Waals surface area (Å²) in [4.78, 5) is 15.7. The molecular formula is C10H16N4O2S. The van der Waals surface area contributed by atoms with E-state index in [4.69, 9.17) is 4.74 Å². The van der Waals surface area contributed by atoms with Crippen molar-refractivity contribution in [1.82, 2.24) is 15.2 Å². The summed E-state index contributed by atoms with van der Waals surface area (Å²) in [6.07, 6.45) is 2.80. The molecule has 7 heteroatoms. The number of hydrogen-bond acceptors (Lipinski definition) is 5. The van der Waals surface area contributed by atoms with Crippen LogP contribution in [0.2, 0.25) is 0 Å². The third-order valence-corrected chi connectivity index (χ3v) is 3.77. The summed E-state index contributed by atoms with van der Waals surface area (Å²) < 4.78 is 4.82. The quantitative estimate of drug-likeness (QED) is 0.848. The van der Waals surface area contributed by atoms with Crippen molar-refractivity contribution in [2.24, 2.45) is 5.92 Å². The summed E-state index contributed by atoms with van der Waals surface area (Å²) in [6.45, 7) is 0. The van der Waals surface area contributed by atoms with Crippen molar-refractivity contribution in [2.45, 2.75) is 19.3 Å². The van der Waals surface area contributed by atoms with E-state index in [1.165, 1.54) is 7.11 Å². The zero-order valence-corrected chi connectivity index (χ0v) is 10.5. The number of aromatic nitrogens is 3. The maximum absolute atomic E-state index is 11.7. The molecular weight excluding hydrogens is 240 g/mol. The molecule has 0 spiro atoms. The van der Waals surface area contributed by atoms with Gasteiger partial charge in [-0.3, -0.25) is 10.1 Å². The Bertz CT molecular complexity index is 376. The molecule has 6 nitrogen and oxygen atoms in total. The number of thioether (sulfide) groups is 1. The van der Waals surface area contributed by atoms with Crippen molar-refractivity contribution in [3.8, 4) is 6.01 Å². The van der Waals surface area contributed by atoms with Crippen LogP contribution in [-0.4, -0.2) is 39.7 Å². The number of anilines is 1. The Morgan fingerprint density at radius 2 is 2.35 bits per heavy atom. The van der Waals surface area contributed by atoms with E-state index in [-0.39, 0.29) is 11.9 Å². The molecule has 0 aliphatic carbocycles. The summed E-state index contributed by atoms with van der Waals surface area (Å²) in [5, 5.41) is 9.05. The lowest BCUT2D eigenvalue weighted by Crippen LogP contribution is -2.20. The predicted molar refractivity (Wildman–Crippen MR) is 66.2 cm³/mol. The number of nitrogens with one attached hydrogen (secondary N) is 2. The van der Waals surface area contributed by atoms with Crippen LogP contribution in [0.4, 0.5) is 5.95 Å². The van der Waals surface area contributed by atoms with Crippen LogP contribution in [0.5, 0.6) is 6.01 Å². The number of nitrogens with zero attached hydrogens (tertiary/aromatic N) is 2. The minimum atomic E-state index is -0.0132. The molecule has 1 aromatic heterocycles. The molecule has 17 heavy (non-hydrogen) atoms. The fourth-order valence-corrected chi connectivity index (χ4v) is 2.99. The molecule has 0 radical (unpaired) electrons. The number of amides is 1. The van der Waals surface area contributed by atoms with Crippen molar-refractivity contribution in [3.05, 3.63) is 0 Å². The van der Waals surface area contributed by atoms with Crippen molar-refractivity contribution in [2.75, 3.05) is 23.9 Å². The first-order chi connectivity index (χ1) is 8.28. The average molecular weight is 256 g/mol. The van der Waals surface area contributed by atoms with E-state index >= 15 is 0 Å². The van der Waals surface area contributed by atoms with Crippen LogP contribution in [0.1, 0.15) is 19.3 Å². The molecule has 0 unspecified atom stereocenters. The third kappa shape index (κ3) is 3.62. The van der Waals surface area contributed by atoms with E-state index in [0.717, 1.165) is 24.3 Å². The van der Waals surface area contributed by atoms with Crippen LogP contribution in [0.3, 0.4) is 0 Å². The zero-order chi connectivity index (χ0) is 12.1. The largest absolute Gasteiger partial charge is 0.466 e. The molecule has 0 atom stereocenters. The number of carbonyl (C=O) groups excluding carboxylic acids is 1. The second kappa shape index (κ2) is 5.90. The normalized spacial score (nSPS) is 16.8. The minimum absolute atomic E-state index is 0.0132. The molecule has 2 heterocycles. The van der Waals surface area contributed by atoms with Crippen LogP contribution in [0.15, 0.2) is 0 Å². The standard InChI is InChI=1S/C10H16N4O2S/c1-16-10-12-9(13-14-10)11-8(15)6-7-2-4-17-5-3-7/h7H,2-6H2,1H3,(H2,11,12,13,14,15). The molecule has 2 N–H and O–H groups in total. The molecule has 1 aromatic rings. The van der Waals surface area contributed by atoms with E-state index in [1.54, 1.807) is 0 Å². The van der Waals surface area contributed by atoms with Crippen LogP contribution in [0.25, 0.3) is 0 Å². The molecule has 1 amide bonds. The summed E-state index contributed by atoms with van der Waals surface area (Å²) in [6, 6.07) is 0.231. The van der Waals surface area contributed by atoms with Gasteiger partial charge in [-0.05, 0) is 30.3 Å². The number of aromatic amines is 1. The molecule has 1 aliphatic heterocycles. The molecule has 1 saturated heterocycles. The molecule has 94 valence electrons. The molecule has 0 aromatic carbocycles. The Balaban J connectivity index is 1.79. The first kappa shape index (κ1) is 12.2. The van der Waals surface area contributed by atoms with Gasteiger partial charge in [-0.25, -0.2) is 5.10 Å². The van der Waals surface area contributed by atoms with Crippen LogP contribution in [-0.2, 0) is 4.79 Å². The summed E-state index contributed by atoms with van der Waals surface area (Å²) in [5.74, 6) is 3.15. The lowest BCUT2D eigenvalue weighted by atomic mass is 9.98. The van der Waals surface area contributed by atoms with Gasteiger partial charge >= 0.3 is 6.01 Å². The monoisotopic (exact) mass is 256 g/mol. The Hall–Kier alpha value is -1.24. The van der Waals surface area contributed by atoms with Gasteiger partial charge in [0.05, 0.1) is 7.11 Å².